The number of hydrogen-bond acceptors (Lipinski definition) is 6. The van der Waals surface area contributed by atoms with E-state index in [4.69, 9.17) is 8.94 Å². The fourth-order valence-electron chi connectivity index (χ4n) is 3.23. The van der Waals surface area contributed by atoms with E-state index < -0.39 is 0 Å². The van der Waals surface area contributed by atoms with Crippen LogP contribution in [0.1, 0.15) is 37.1 Å². The van der Waals surface area contributed by atoms with E-state index in [9.17, 15) is 4.79 Å². The quantitative estimate of drug-likeness (QED) is 0.645. The lowest BCUT2D eigenvalue weighted by atomic mass is 10.1. The predicted octanol–water partition coefficient (Wildman–Crippen LogP) is 4.53. The molecule has 1 aliphatic rings. The summed E-state index contributed by atoms with van der Waals surface area (Å²) in [6.07, 6.45) is 7.03. The van der Waals surface area contributed by atoms with Gasteiger partial charge in [-0.15, -0.1) is 11.8 Å². The Morgan fingerprint density at radius 1 is 1.19 bits per heavy atom. The van der Waals surface area contributed by atoms with Crippen molar-refractivity contribution in [1.29, 1.82) is 0 Å². The topological polar surface area (TPSA) is 81.2 Å². The first-order valence-corrected chi connectivity index (χ1v) is 10.2. The van der Waals surface area contributed by atoms with Crippen molar-refractivity contribution in [2.24, 2.45) is 0 Å². The van der Waals surface area contributed by atoms with Gasteiger partial charge in [0.05, 0.1) is 18.4 Å². The number of nitrogens with zero attached hydrogens (tertiary/aromatic N) is 2. The largest absolute Gasteiger partial charge is 0.461 e. The van der Waals surface area contributed by atoms with Crippen LogP contribution in [0.2, 0.25) is 0 Å². The molecule has 1 amide bonds. The van der Waals surface area contributed by atoms with Gasteiger partial charge in [0.2, 0.25) is 17.6 Å². The van der Waals surface area contributed by atoms with Crippen LogP contribution in [0.3, 0.4) is 0 Å². The van der Waals surface area contributed by atoms with Gasteiger partial charge in [-0.3, -0.25) is 4.79 Å². The van der Waals surface area contributed by atoms with Gasteiger partial charge in [-0.25, -0.2) is 0 Å². The highest BCUT2D eigenvalue weighted by Gasteiger charge is 2.18. The Morgan fingerprint density at radius 3 is 2.85 bits per heavy atom. The van der Waals surface area contributed by atoms with Crippen molar-refractivity contribution in [2.75, 3.05) is 11.1 Å². The molecule has 4 rings (SSSR count). The summed E-state index contributed by atoms with van der Waals surface area (Å²) in [5.41, 5.74) is 1.72. The number of rotatable bonds is 7. The van der Waals surface area contributed by atoms with Gasteiger partial charge in [0.15, 0.2) is 5.76 Å². The van der Waals surface area contributed by atoms with Crippen LogP contribution in [0.4, 0.5) is 5.69 Å². The van der Waals surface area contributed by atoms with E-state index >= 15 is 0 Å². The molecule has 1 aliphatic carbocycles. The number of nitrogens with one attached hydrogen (secondary N) is 1. The van der Waals surface area contributed by atoms with E-state index in [0.717, 1.165) is 11.3 Å². The number of thioether (sulfide) groups is 1. The molecule has 140 valence electrons. The maximum absolute atomic E-state index is 12.3. The molecule has 27 heavy (non-hydrogen) atoms. The third kappa shape index (κ3) is 4.60. The molecular formula is C20H21N3O3S. The molecule has 2 heterocycles. The monoisotopic (exact) mass is 383 g/mol. The van der Waals surface area contributed by atoms with Crippen LogP contribution in [0.25, 0.3) is 11.6 Å². The zero-order valence-corrected chi connectivity index (χ0v) is 15.7. The predicted molar refractivity (Wildman–Crippen MR) is 105 cm³/mol. The highest BCUT2D eigenvalue weighted by molar-refractivity contribution is 8.00. The second-order valence-electron chi connectivity index (χ2n) is 6.59. The second kappa shape index (κ2) is 8.43. The standard InChI is InChI=1S/C20H21N3O3S/c24-18(13-27-15-7-2-3-8-15)21-16-9-4-1-6-14(16)12-19-22-20(23-26-19)17-10-5-11-25-17/h1,4-6,9-11,15H,2-3,7-8,12-13H2,(H,21,24). The van der Waals surface area contributed by atoms with Crippen molar-refractivity contribution in [1.82, 2.24) is 10.1 Å². The number of hydrogen-bond donors (Lipinski definition) is 1. The summed E-state index contributed by atoms with van der Waals surface area (Å²) >= 11 is 1.76. The molecule has 7 heteroatoms. The average Bonchev–Trinajstić information content (AvgIpc) is 3.44. The molecule has 1 aromatic carbocycles. The minimum atomic E-state index is 0.0288. The minimum Gasteiger partial charge on any atom is -0.461 e. The molecule has 0 atom stereocenters. The van der Waals surface area contributed by atoms with Gasteiger partial charge in [-0.1, -0.05) is 36.2 Å². The summed E-state index contributed by atoms with van der Waals surface area (Å²) in [5, 5.41) is 7.60. The van der Waals surface area contributed by atoms with Crippen LogP contribution >= 0.6 is 11.8 Å². The van der Waals surface area contributed by atoms with Gasteiger partial charge in [0.25, 0.3) is 0 Å². The Kier molecular flexibility index (Phi) is 5.58. The third-order valence-electron chi connectivity index (χ3n) is 4.60. The van der Waals surface area contributed by atoms with Crippen molar-refractivity contribution in [3.63, 3.8) is 0 Å². The highest BCUT2D eigenvalue weighted by Crippen LogP contribution is 2.29. The van der Waals surface area contributed by atoms with Gasteiger partial charge in [0.1, 0.15) is 0 Å². The molecule has 1 fully saturated rings. The molecular weight excluding hydrogens is 362 g/mol. The molecule has 0 bridgehead atoms. The first kappa shape index (κ1) is 17.9. The lowest BCUT2D eigenvalue weighted by Crippen LogP contribution is -2.17. The van der Waals surface area contributed by atoms with Gasteiger partial charge >= 0.3 is 0 Å². The normalized spacial score (nSPS) is 14.5. The van der Waals surface area contributed by atoms with Crippen LogP contribution < -0.4 is 5.32 Å². The second-order valence-corrected chi connectivity index (χ2v) is 7.88. The van der Waals surface area contributed by atoms with Crippen LogP contribution in [0.5, 0.6) is 0 Å². The zero-order valence-electron chi connectivity index (χ0n) is 14.9. The van der Waals surface area contributed by atoms with Crippen molar-refractivity contribution in [3.8, 4) is 11.6 Å². The fraction of sp³-hybridized carbons (Fsp3) is 0.350. The molecule has 0 radical (unpaired) electrons. The SMILES string of the molecule is O=C(CSC1CCCC1)Nc1ccccc1Cc1nc(-c2ccco2)no1. The van der Waals surface area contributed by atoms with E-state index in [2.05, 4.69) is 15.5 Å². The third-order valence-corrected chi connectivity index (χ3v) is 5.97. The van der Waals surface area contributed by atoms with E-state index in [1.807, 2.05) is 24.3 Å². The molecule has 6 nitrogen and oxygen atoms in total. The summed E-state index contributed by atoms with van der Waals surface area (Å²) in [5.74, 6) is 1.98. The van der Waals surface area contributed by atoms with Gasteiger partial charge < -0.3 is 14.3 Å². The zero-order chi connectivity index (χ0) is 18.5. The average molecular weight is 383 g/mol. The maximum atomic E-state index is 12.3. The molecule has 3 aromatic rings. The van der Waals surface area contributed by atoms with Crippen molar-refractivity contribution in [3.05, 3.63) is 54.1 Å². The van der Waals surface area contributed by atoms with E-state index in [1.165, 1.54) is 25.7 Å². The molecule has 0 spiro atoms. The number of aromatic nitrogens is 2. The van der Waals surface area contributed by atoms with Crippen LogP contribution in [0, 0.1) is 0 Å². The number of benzene rings is 1. The first-order valence-electron chi connectivity index (χ1n) is 9.14. The van der Waals surface area contributed by atoms with E-state index in [1.54, 1.807) is 30.2 Å². The van der Waals surface area contributed by atoms with E-state index in [-0.39, 0.29) is 5.91 Å². The molecule has 0 aliphatic heterocycles. The lowest BCUT2D eigenvalue weighted by molar-refractivity contribution is -0.113. The maximum Gasteiger partial charge on any atom is 0.238 e. The number of amides is 1. The summed E-state index contributed by atoms with van der Waals surface area (Å²) in [6, 6.07) is 11.3. The fourth-order valence-corrected chi connectivity index (χ4v) is 4.35. The Labute approximate surface area is 161 Å². The van der Waals surface area contributed by atoms with Crippen LogP contribution in [-0.2, 0) is 11.2 Å². The molecule has 1 N–H and O–H groups in total. The van der Waals surface area contributed by atoms with Crippen molar-refractivity contribution < 1.29 is 13.7 Å². The minimum absolute atomic E-state index is 0.0288. The molecule has 1 saturated carbocycles. The number of furan rings is 1. The van der Waals surface area contributed by atoms with E-state index in [0.29, 0.717) is 34.9 Å². The summed E-state index contributed by atoms with van der Waals surface area (Å²) in [7, 11) is 0. The molecule has 0 saturated heterocycles. The summed E-state index contributed by atoms with van der Waals surface area (Å²) in [4.78, 5) is 16.7. The van der Waals surface area contributed by atoms with Gasteiger partial charge in [-0.05, 0) is 36.6 Å². The number of carbonyl (C=O) groups is 1. The number of carbonyl (C=O) groups excluding carboxylic acids is 1. The Bertz CT molecular complexity index is 886. The highest BCUT2D eigenvalue weighted by atomic mass is 32.2. The lowest BCUT2D eigenvalue weighted by Gasteiger charge is -2.11. The summed E-state index contributed by atoms with van der Waals surface area (Å²) < 4.78 is 10.6. The number of para-hydroxylation sites is 1. The molecule has 0 unspecified atom stereocenters. The smallest absolute Gasteiger partial charge is 0.238 e. The first-order chi connectivity index (χ1) is 13.3. The van der Waals surface area contributed by atoms with Crippen molar-refractivity contribution in [2.45, 2.75) is 37.4 Å². The Hall–Kier alpha value is -2.54. The van der Waals surface area contributed by atoms with Crippen LogP contribution in [-0.4, -0.2) is 27.1 Å². The van der Waals surface area contributed by atoms with Gasteiger partial charge in [0, 0.05) is 10.9 Å². The summed E-state index contributed by atoms with van der Waals surface area (Å²) in [6.45, 7) is 0. The Balaban J connectivity index is 1.39. The van der Waals surface area contributed by atoms with Crippen molar-refractivity contribution >= 4 is 23.4 Å². The molecule has 2 aromatic heterocycles. The van der Waals surface area contributed by atoms with Gasteiger partial charge in [-0.2, -0.15) is 4.98 Å². The number of anilines is 1. The Morgan fingerprint density at radius 2 is 2.04 bits per heavy atom. The van der Waals surface area contributed by atoms with Crippen LogP contribution in [0.15, 0.2) is 51.6 Å².